The van der Waals surface area contributed by atoms with Gasteiger partial charge in [0, 0.05) is 32.8 Å². The fraction of sp³-hybridized carbons (Fsp3) is 0.682. The molecule has 6 N–H and O–H groups in total. The van der Waals surface area contributed by atoms with Crippen LogP contribution in [0.1, 0.15) is 107 Å². The summed E-state index contributed by atoms with van der Waals surface area (Å²) in [6, 6.07) is -2.59. The molecule has 66 heavy (non-hydrogen) atoms. The molecule has 2 saturated heterocycles. The molecular weight excluding hydrogens is 865 g/mol. The number of hydrogen-bond donors (Lipinski definition) is 6. The molecular formula is C44H66N8O14. The van der Waals surface area contributed by atoms with Gasteiger partial charge in [-0.3, -0.25) is 38.4 Å². The maximum atomic E-state index is 13.9. The summed E-state index contributed by atoms with van der Waals surface area (Å²) in [5, 5.41) is 23.3. The number of methoxy groups -OCH3 is 2. The molecule has 22 nitrogen and oxygen atoms in total. The fourth-order valence-electron chi connectivity index (χ4n) is 7.05. The molecule has 2 aliphatic rings. The predicted octanol–water partition coefficient (Wildman–Crippen LogP) is 0.498. The van der Waals surface area contributed by atoms with E-state index >= 15 is 0 Å². The molecule has 4 heterocycles. The Bertz CT molecular complexity index is 2070. The average Bonchev–Trinajstić information content (AvgIpc) is 4.09. The van der Waals surface area contributed by atoms with Crippen molar-refractivity contribution in [3.8, 4) is 0 Å². The second-order valence-electron chi connectivity index (χ2n) is 19.0. The smallest absolute Gasteiger partial charge is 0.274 e. The van der Waals surface area contributed by atoms with Crippen molar-refractivity contribution in [1.82, 2.24) is 42.2 Å². The van der Waals surface area contributed by atoms with Gasteiger partial charge < -0.3 is 59.9 Å². The van der Waals surface area contributed by atoms with Crippen LogP contribution in [0.4, 0.5) is 0 Å². The van der Waals surface area contributed by atoms with E-state index in [1.807, 2.05) is 27.7 Å². The second-order valence-corrected chi connectivity index (χ2v) is 19.0. The zero-order valence-electron chi connectivity index (χ0n) is 39.7. The van der Waals surface area contributed by atoms with Gasteiger partial charge in [-0.25, -0.2) is 0 Å². The molecule has 0 aliphatic carbocycles. The van der Waals surface area contributed by atoms with Gasteiger partial charge in [-0.1, -0.05) is 58.8 Å². The Labute approximate surface area is 383 Å². The molecule has 0 radical (unpaired) electrons. The van der Waals surface area contributed by atoms with Crippen molar-refractivity contribution in [3.05, 3.63) is 35.0 Å². The summed E-state index contributed by atoms with van der Waals surface area (Å²) < 4.78 is 31.6. The van der Waals surface area contributed by atoms with E-state index in [2.05, 4.69) is 42.2 Å². The summed E-state index contributed by atoms with van der Waals surface area (Å²) in [4.78, 5) is 106. The maximum Gasteiger partial charge on any atom is 0.274 e. The number of Topliss-reactive ketones (excluding diaryl/α,β-unsaturated/α-hetero) is 2. The lowest BCUT2D eigenvalue weighted by Gasteiger charge is -2.33. The molecule has 0 spiro atoms. The Morgan fingerprint density at radius 2 is 1.23 bits per heavy atom. The van der Waals surface area contributed by atoms with Crippen LogP contribution in [-0.2, 0) is 54.1 Å². The van der Waals surface area contributed by atoms with Crippen molar-refractivity contribution >= 4 is 47.0 Å². The first kappa shape index (κ1) is 53.0. The number of nitrogens with one attached hydrogen (secondary N) is 6. The number of ether oxygens (including phenoxy) is 4. The Morgan fingerprint density at radius 3 is 1.71 bits per heavy atom. The van der Waals surface area contributed by atoms with Crippen LogP contribution < -0.4 is 31.9 Å². The zero-order valence-corrected chi connectivity index (χ0v) is 39.7. The van der Waals surface area contributed by atoms with Gasteiger partial charge in [0.15, 0.2) is 28.6 Å². The number of hydrogen-bond acceptors (Lipinski definition) is 16. The summed E-state index contributed by atoms with van der Waals surface area (Å²) in [5.74, 6) is -4.05. The molecule has 7 atom stereocenters. The third-order valence-corrected chi connectivity index (χ3v) is 10.9. The number of carbonyl (C=O) groups excluding carboxylic acids is 8. The molecule has 2 fully saturated rings. The highest BCUT2D eigenvalue weighted by Gasteiger charge is 2.54. The number of aryl methyl sites for hydroxylation is 2. The van der Waals surface area contributed by atoms with Crippen molar-refractivity contribution < 1.29 is 66.3 Å². The summed E-state index contributed by atoms with van der Waals surface area (Å²) in [5.41, 5.74) is -3.25. The molecule has 0 saturated carbocycles. The summed E-state index contributed by atoms with van der Waals surface area (Å²) in [6.07, 6.45) is 0.865. The first-order valence-electron chi connectivity index (χ1n) is 21.9. The van der Waals surface area contributed by atoms with Gasteiger partial charge in [0.05, 0.1) is 45.1 Å². The van der Waals surface area contributed by atoms with Crippen LogP contribution >= 0.6 is 0 Å². The molecule has 7 unspecified atom stereocenters. The lowest BCUT2D eigenvalue weighted by molar-refractivity contribution is -0.136. The van der Waals surface area contributed by atoms with Gasteiger partial charge in [-0.05, 0) is 50.4 Å². The van der Waals surface area contributed by atoms with E-state index in [4.69, 9.17) is 28.0 Å². The number of carbonyl (C=O) groups is 8. The van der Waals surface area contributed by atoms with Crippen molar-refractivity contribution in [2.24, 2.45) is 17.3 Å². The summed E-state index contributed by atoms with van der Waals surface area (Å²) >= 11 is 0. The molecule has 4 rings (SSSR count). The molecule has 0 aromatic carbocycles. The Hall–Kier alpha value is -5.58. The van der Waals surface area contributed by atoms with Crippen LogP contribution in [-0.4, -0.2) is 146 Å². The lowest BCUT2D eigenvalue weighted by Crippen LogP contribution is -2.61. The van der Waals surface area contributed by atoms with E-state index in [-0.39, 0.29) is 86.2 Å². The predicted molar refractivity (Wildman–Crippen MR) is 233 cm³/mol. The maximum absolute atomic E-state index is 13.9. The standard InChI is InChI=1S/C44H66N8O14/c1-23(2)14-27(35(54)43(9)21-63-43)47-41(60)34(42(6,7)8)50-40(59)32(20-62-11)49-39(58)30-17-26(66-52-30)12-13-44(22-64-44)36(55)28(15-24(3)4)46-33(53)18-45-37(56)31(19-61-10)48-38(57)29-16-25(5)65-51-29/h16-17,23-24,27-28,31-32,34H,12-15,18-22H2,1-11H3,(H,45,56)(H,46,53)(H,47,60)(H,48,57)(H,49,58)(H,50,59). The van der Waals surface area contributed by atoms with E-state index in [0.29, 0.717) is 12.2 Å². The van der Waals surface area contributed by atoms with Crippen molar-refractivity contribution in [2.45, 2.75) is 129 Å². The molecule has 2 aromatic heterocycles. The Morgan fingerprint density at radius 1 is 0.697 bits per heavy atom. The van der Waals surface area contributed by atoms with Crippen molar-refractivity contribution in [2.75, 3.05) is 47.2 Å². The molecule has 2 aromatic rings. The number of epoxide rings is 2. The number of aromatic nitrogens is 2. The van der Waals surface area contributed by atoms with Crippen LogP contribution in [0.3, 0.4) is 0 Å². The van der Waals surface area contributed by atoms with Gasteiger partial charge in [0.25, 0.3) is 11.8 Å². The van der Waals surface area contributed by atoms with Crippen LogP contribution in [0.2, 0.25) is 0 Å². The lowest BCUT2D eigenvalue weighted by atomic mass is 9.85. The molecule has 6 amide bonds. The van der Waals surface area contributed by atoms with Gasteiger partial charge in [-0.2, -0.15) is 0 Å². The number of rotatable bonds is 27. The highest BCUT2D eigenvalue weighted by molar-refractivity contribution is 6.01. The number of nitrogens with zero attached hydrogens (tertiary/aromatic N) is 2. The normalized spacial score (nSPS) is 20.0. The molecule has 2 aliphatic heterocycles. The van der Waals surface area contributed by atoms with E-state index in [1.54, 1.807) is 34.6 Å². The average molecular weight is 931 g/mol. The SMILES string of the molecule is COCC(NC(=O)c1cc(C)on1)C(=O)NCC(=O)NC(CC(C)C)C(=O)C1(CCc2cc(C(=O)NC(COC)C(=O)NC(C(=O)NC(CC(C)C)C(=O)C3(C)CO3)C(C)(C)C)no2)CO1. The summed E-state index contributed by atoms with van der Waals surface area (Å²) in [7, 11) is 2.68. The van der Waals surface area contributed by atoms with Crippen LogP contribution in [0.5, 0.6) is 0 Å². The van der Waals surface area contributed by atoms with Crippen LogP contribution in [0.15, 0.2) is 21.2 Å². The minimum atomic E-state index is -1.27. The van der Waals surface area contributed by atoms with Gasteiger partial charge >= 0.3 is 0 Å². The second kappa shape index (κ2) is 22.7. The van der Waals surface area contributed by atoms with Crippen molar-refractivity contribution in [3.63, 3.8) is 0 Å². The van der Waals surface area contributed by atoms with E-state index in [1.165, 1.54) is 26.4 Å². The molecule has 22 heteroatoms. The summed E-state index contributed by atoms with van der Waals surface area (Å²) in [6.45, 7) is 15.5. The van der Waals surface area contributed by atoms with Crippen LogP contribution in [0, 0.1) is 24.2 Å². The highest BCUT2D eigenvalue weighted by atomic mass is 16.6. The Balaban J connectivity index is 1.34. The van der Waals surface area contributed by atoms with E-state index in [9.17, 15) is 38.4 Å². The van der Waals surface area contributed by atoms with E-state index < -0.39 is 88.8 Å². The minimum Gasteiger partial charge on any atom is -0.382 e. The molecule has 0 bridgehead atoms. The highest BCUT2D eigenvalue weighted by Crippen LogP contribution is 2.36. The van der Waals surface area contributed by atoms with E-state index in [0.717, 1.165) is 0 Å². The quantitative estimate of drug-likeness (QED) is 0.0665. The van der Waals surface area contributed by atoms with Gasteiger partial charge in [-0.15, -0.1) is 0 Å². The van der Waals surface area contributed by atoms with Gasteiger partial charge in [0.1, 0.15) is 35.2 Å². The first-order chi connectivity index (χ1) is 30.9. The first-order valence-corrected chi connectivity index (χ1v) is 21.9. The fourth-order valence-corrected chi connectivity index (χ4v) is 7.05. The third kappa shape index (κ3) is 15.0. The van der Waals surface area contributed by atoms with Crippen LogP contribution in [0.25, 0.3) is 0 Å². The monoisotopic (exact) mass is 930 g/mol. The largest absolute Gasteiger partial charge is 0.382 e. The third-order valence-electron chi connectivity index (χ3n) is 10.9. The topological polar surface area (TPSA) is 304 Å². The van der Waals surface area contributed by atoms with Crippen molar-refractivity contribution in [1.29, 1.82) is 0 Å². The number of amides is 6. The number of ketones is 2. The molecule has 366 valence electrons. The Kier molecular flexibility index (Phi) is 18.3. The minimum absolute atomic E-state index is 0.0223. The van der Waals surface area contributed by atoms with Gasteiger partial charge in [0.2, 0.25) is 23.6 Å². The zero-order chi connectivity index (χ0) is 49.1.